The van der Waals surface area contributed by atoms with Crippen LogP contribution in [-0.4, -0.2) is 6.04 Å². The van der Waals surface area contributed by atoms with Crippen LogP contribution in [0.2, 0.25) is 0 Å². The van der Waals surface area contributed by atoms with E-state index in [2.05, 4.69) is 12.2 Å². The highest BCUT2D eigenvalue weighted by Gasteiger charge is 2.20. The van der Waals surface area contributed by atoms with Crippen molar-refractivity contribution >= 4 is 0 Å². The van der Waals surface area contributed by atoms with E-state index in [1.807, 2.05) is 0 Å². The number of hydrogen-bond acceptors (Lipinski definition) is 2. The minimum absolute atomic E-state index is 0.0177. The third kappa shape index (κ3) is 3.55. The highest BCUT2D eigenvalue weighted by atomic mass is 19.1. The maximum absolute atomic E-state index is 13.8. The van der Waals surface area contributed by atoms with Crippen LogP contribution in [0.3, 0.4) is 0 Å². The van der Waals surface area contributed by atoms with Crippen LogP contribution in [0.1, 0.15) is 50.2 Å². The molecule has 4 heteroatoms. The second-order valence-corrected chi connectivity index (χ2v) is 5.60. The molecule has 1 saturated carbocycles. The predicted molar refractivity (Wildman–Crippen MR) is 73.9 cm³/mol. The number of halogens is 2. The first-order chi connectivity index (χ1) is 9.61. The van der Waals surface area contributed by atoms with Gasteiger partial charge in [0, 0.05) is 18.2 Å². The molecule has 0 unspecified atom stereocenters. The molecule has 1 aliphatic rings. The highest BCUT2D eigenvalue weighted by Crippen LogP contribution is 2.26. The molecule has 0 spiro atoms. The van der Waals surface area contributed by atoms with Gasteiger partial charge in [-0.2, -0.15) is 5.26 Å². The zero-order valence-electron chi connectivity index (χ0n) is 11.8. The van der Waals surface area contributed by atoms with Gasteiger partial charge in [-0.3, -0.25) is 0 Å². The van der Waals surface area contributed by atoms with Crippen LogP contribution in [0.4, 0.5) is 8.78 Å². The first kappa shape index (κ1) is 14.9. The largest absolute Gasteiger partial charge is 0.310 e. The number of nitriles is 1. The smallest absolute Gasteiger partial charge is 0.131 e. The minimum Gasteiger partial charge on any atom is -0.310 e. The Labute approximate surface area is 118 Å². The van der Waals surface area contributed by atoms with Crippen molar-refractivity contribution in [2.24, 2.45) is 5.92 Å². The third-order valence-corrected chi connectivity index (χ3v) is 4.23. The molecule has 1 aromatic carbocycles. The summed E-state index contributed by atoms with van der Waals surface area (Å²) < 4.78 is 27.5. The molecule has 0 heterocycles. The number of nitrogens with one attached hydrogen (secondary N) is 1. The molecule has 2 nitrogen and oxygen atoms in total. The van der Waals surface area contributed by atoms with Crippen molar-refractivity contribution in [3.63, 3.8) is 0 Å². The summed E-state index contributed by atoms with van der Waals surface area (Å²) in [5.74, 6) is -0.706. The minimum atomic E-state index is -0.648. The molecule has 0 aromatic heterocycles. The SMILES string of the molecule is C[C@H](NCc1c(F)cc(C#N)cc1F)C1CCCCC1. The Kier molecular flexibility index (Phi) is 5.08. The molecule has 0 amide bonds. The maximum atomic E-state index is 13.8. The summed E-state index contributed by atoms with van der Waals surface area (Å²) in [4.78, 5) is 0. The Morgan fingerprint density at radius 2 is 1.85 bits per heavy atom. The Morgan fingerprint density at radius 1 is 1.25 bits per heavy atom. The summed E-state index contributed by atoms with van der Waals surface area (Å²) in [7, 11) is 0. The van der Waals surface area contributed by atoms with Crippen LogP contribution in [0.15, 0.2) is 12.1 Å². The topological polar surface area (TPSA) is 35.8 Å². The first-order valence-electron chi connectivity index (χ1n) is 7.23. The summed E-state index contributed by atoms with van der Waals surface area (Å²) >= 11 is 0. The molecular formula is C16H20F2N2. The van der Waals surface area contributed by atoms with E-state index in [0.29, 0.717) is 5.92 Å². The average molecular weight is 278 g/mol. The molecule has 0 radical (unpaired) electrons. The molecule has 1 aromatic rings. The van der Waals surface area contributed by atoms with E-state index >= 15 is 0 Å². The number of nitrogens with zero attached hydrogens (tertiary/aromatic N) is 1. The summed E-state index contributed by atoms with van der Waals surface area (Å²) in [6.07, 6.45) is 6.16. The summed E-state index contributed by atoms with van der Waals surface area (Å²) in [6.45, 7) is 2.25. The van der Waals surface area contributed by atoms with Gasteiger partial charge in [-0.25, -0.2) is 8.78 Å². The Balaban J connectivity index is 1.98. The lowest BCUT2D eigenvalue weighted by Crippen LogP contribution is -2.34. The fourth-order valence-corrected chi connectivity index (χ4v) is 2.90. The quantitative estimate of drug-likeness (QED) is 0.906. The molecule has 2 rings (SSSR count). The van der Waals surface area contributed by atoms with Crippen LogP contribution >= 0.6 is 0 Å². The average Bonchev–Trinajstić information content (AvgIpc) is 2.46. The van der Waals surface area contributed by atoms with Crippen molar-refractivity contribution in [2.75, 3.05) is 0 Å². The van der Waals surface area contributed by atoms with Gasteiger partial charge in [0.15, 0.2) is 0 Å². The number of hydrogen-bond donors (Lipinski definition) is 1. The van der Waals surface area contributed by atoms with Gasteiger partial charge < -0.3 is 5.32 Å². The lowest BCUT2D eigenvalue weighted by Gasteiger charge is -2.28. The van der Waals surface area contributed by atoms with Crippen molar-refractivity contribution in [1.29, 1.82) is 5.26 Å². The van der Waals surface area contributed by atoms with Crippen LogP contribution in [0, 0.1) is 28.9 Å². The molecule has 0 aliphatic heterocycles. The van der Waals surface area contributed by atoms with Gasteiger partial charge >= 0.3 is 0 Å². The van der Waals surface area contributed by atoms with Gasteiger partial charge in [-0.15, -0.1) is 0 Å². The van der Waals surface area contributed by atoms with Crippen LogP contribution in [0.5, 0.6) is 0 Å². The monoisotopic (exact) mass is 278 g/mol. The van der Waals surface area contributed by atoms with Crippen LogP contribution in [-0.2, 0) is 6.54 Å². The molecule has 0 bridgehead atoms. The fourth-order valence-electron chi connectivity index (χ4n) is 2.90. The van der Waals surface area contributed by atoms with Gasteiger partial charge in [0.1, 0.15) is 11.6 Å². The van der Waals surface area contributed by atoms with Crippen molar-refractivity contribution in [3.8, 4) is 6.07 Å². The van der Waals surface area contributed by atoms with Gasteiger partial charge in [-0.1, -0.05) is 19.3 Å². The molecule has 1 atom stereocenters. The van der Waals surface area contributed by atoms with Crippen molar-refractivity contribution in [1.82, 2.24) is 5.32 Å². The lowest BCUT2D eigenvalue weighted by molar-refractivity contribution is 0.279. The number of benzene rings is 1. The molecule has 108 valence electrons. The Hall–Kier alpha value is -1.47. The molecular weight excluding hydrogens is 258 g/mol. The Morgan fingerprint density at radius 3 is 2.40 bits per heavy atom. The summed E-state index contributed by atoms with van der Waals surface area (Å²) in [5, 5.41) is 11.9. The van der Waals surface area contributed by atoms with Crippen molar-refractivity contribution < 1.29 is 8.78 Å². The standard InChI is InChI=1S/C16H20F2N2/c1-11(13-5-3-2-4-6-13)20-10-14-15(17)7-12(9-19)8-16(14)18/h7-8,11,13,20H,2-6,10H2,1H3/t11-/m0/s1. The van der Waals surface area contributed by atoms with E-state index < -0.39 is 11.6 Å². The molecule has 20 heavy (non-hydrogen) atoms. The molecule has 1 aliphatic carbocycles. The molecule has 1 N–H and O–H groups in total. The maximum Gasteiger partial charge on any atom is 0.131 e. The molecule has 1 fully saturated rings. The van der Waals surface area contributed by atoms with Crippen molar-refractivity contribution in [3.05, 3.63) is 34.9 Å². The first-order valence-corrected chi connectivity index (χ1v) is 7.23. The second-order valence-electron chi connectivity index (χ2n) is 5.60. The van der Waals surface area contributed by atoms with E-state index in [1.54, 1.807) is 6.07 Å². The van der Waals surface area contributed by atoms with Crippen LogP contribution in [0.25, 0.3) is 0 Å². The van der Waals surface area contributed by atoms with E-state index in [4.69, 9.17) is 5.26 Å². The van der Waals surface area contributed by atoms with Gasteiger partial charge in [-0.05, 0) is 37.8 Å². The van der Waals surface area contributed by atoms with E-state index in [9.17, 15) is 8.78 Å². The highest BCUT2D eigenvalue weighted by molar-refractivity contribution is 5.34. The normalized spacial score (nSPS) is 17.7. The van der Waals surface area contributed by atoms with Gasteiger partial charge in [0.05, 0.1) is 11.6 Å². The zero-order chi connectivity index (χ0) is 14.5. The second kappa shape index (κ2) is 6.81. The lowest BCUT2D eigenvalue weighted by atomic mass is 9.84. The predicted octanol–water partition coefficient (Wildman–Crippen LogP) is 3.89. The van der Waals surface area contributed by atoms with E-state index in [-0.39, 0.29) is 23.7 Å². The third-order valence-electron chi connectivity index (χ3n) is 4.23. The fraction of sp³-hybridized carbons (Fsp3) is 0.562. The van der Waals surface area contributed by atoms with Gasteiger partial charge in [0.25, 0.3) is 0 Å². The summed E-state index contributed by atoms with van der Waals surface area (Å²) in [6, 6.07) is 4.18. The van der Waals surface area contributed by atoms with Gasteiger partial charge in [0.2, 0.25) is 0 Å². The van der Waals surface area contributed by atoms with E-state index in [0.717, 1.165) is 12.1 Å². The summed E-state index contributed by atoms with van der Waals surface area (Å²) in [5.41, 5.74) is 0.0377. The van der Waals surface area contributed by atoms with Crippen LogP contribution < -0.4 is 5.32 Å². The number of rotatable bonds is 4. The zero-order valence-corrected chi connectivity index (χ0v) is 11.8. The van der Waals surface area contributed by atoms with Crippen molar-refractivity contribution in [2.45, 2.75) is 51.6 Å². The Bertz CT molecular complexity index is 479. The van der Waals surface area contributed by atoms with E-state index in [1.165, 1.54) is 32.1 Å². The molecule has 0 saturated heterocycles.